The molecular formula is C27H24N2O4S. The summed E-state index contributed by atoms with van der Waals surface area (Å²) in [5.41, 5.74) is 3.93. The van der Waals surface area contributed by atoms with E-state index in [-0.39, 0.29) is 0 Å². The highest BCUT2D eigenvalue weighted by molar-refractivity contribution is 7.81. The highest BCUT2D eigenvalue weighted by atomic mass is 32.1. The number of rotatable bonds is 7. The van der Waals surface area contributed by atoms with Gasteiger partial charge in [-0.3, -0.25) is 19.3 Å². The minimum absolute atomic E-state index is 0.401. The van der Waals surface area contributed by atoms with Crippen LogP contribution in [0.3, 0.4) is 0 Å². The van der Waals surface area contributed by atoms with E-state index < -0.39 is 35.6 Å². The van der Waals surface area contributed by atoms with Crippen molar-refractivity contribution in [1.29, 1.82) is 0 Å². The van der Waals surface area contributed by atoms with Gasteiger partial charge in [-0.2, -0.15) is 12.6 Å². The Kier molecular flexibility index (Phi) is 7.13. The van der Waals surface area contributed by atoms with Crippen molar-refractivity contribution in [2.75, 3.05) is 11.4 Å². The number of amides is 2. The highest BCUT2D eigenvalue weighted by Crippen LogP contribution is 2.31. The molecular weight excluding hydrogens is 448 g/mol. The van der Waals surface area contributed by atoms with Gasteiger partial charge in [0.05, 0.1) is 10.9 Å². The molecule has 0 fully saturated rings. The van der Waals surface area contributed by atoms with Gasteiger partial charge in [-0.15, -0.1) is 0 Å². The molecule has 0 saturated carbocycles. The molecule has 34 heavy (non-hydrogen) atoms. The molecule has 3 aromatic carbocycles. The lowest BCUT2D eigenvalue weighted by molar-refractivity contribution is -0.136. The number of fused-ring (bicyclic) bond motifs is 1. The van der Waals surface area contributed by atoms with Crippen LogP contribution in [0.25, 0.3) is 17.2 Å². The average Bonchev–Trinajstić information content (AvgIpc) is 2.97. The van der Waals surface area contributed by atoms with Crippen molar-refractivity contribution in [3.8, 4) is 11.1 Å². The molecule has 0 radical (unpaired) electrons. The first kappa shape index (κ1) is 23.3. The van der Waals surface area contributed by atoms with Crippen LogP contribution in [0.5, 0.6) is 0 Å². The average molecular weight is 473 g/mol. The molecule has 7 heteroatoms. The van der Waals surface area contributed by atoms with Gasteiger partial charge in [0, 0.05) is 0 Å². The van der Waals surface area contributed by atoms with E-state index in [0.717, 1.165) is 16.7 Å². The van der Waals surface area contributed by atoms with Crippen molar-refractivity contribution >= 4 is 42.2 Å². The van der Waals surface area contributed by atoms with Crippen molar-refractivity contribution in [3.63, 3.8) is 0 Å². The summed E-state index contributed by atoms with van der Waals surface area (Å²) >= 11 is 4.42. The predicted octanol–water partition coefficient (Wildman–Crippen LogP) is 3.82. The highest BCUT2D eigenvalue weighted by Gasteiger charge is 2.31. The second kappa shape index (κ2) is 10.4. The van der Waals surface area contributed by atoms with Gasteiger partial charge in [0.2, 0.25) is 5.91 Å². The van der Waals surface area contributed by atoms with Crippen molar-refractivity contribution in [2.24, 2.45) is 0 Å². The van der Waals surface area contributed by atoms with Crippen LogP contribution in [0, 0.1) is 0 Å². The minimum Gasteiger partial charge on any atom is -0.480 e. The number of aliphatic carboxylic acids is 1. The van der Waals surface area contributed by atoms with E-state index in [9.17, 15) is 19.5 Å². The second-order valence-corrected chi connectivity index (χ2v) is 8.63. The molecule has 172 valence electrons. The Morgan fingerprint density at radius 1 is 0.971 bits per heavy atom. The number of hydrogen-bond acceptors (Lipinski definition) is 4. The molecule has 0 aromatic heterocycles. The lowest BCUT2D eigenvalue weighted by Gasteiger charge is -2.25. The third kappa shape index (κ3) is 5.38. The van der Waals surface area contributed by atoms with Gasteiger partial charge >= 0.3 is 5.97 Å². The molecule has 4 rings (SSSR count). The van der Waals surface area contributed by atoms with E-state index in [1.54, 1.807) is 18.2 Å². The third-order valence-corrected chi connectivity index (χ3v) is 6.01. The Morgan fingerprint density at radius 2 is 1.65 bits per heavy atom. The summed E-state index contributed by atoms with van der Waals surface area (Å²) in [6, 6.07) is 23.7. The molecule has 1 aliphatic heterocycles. The summed E-state index contributed by atoms with van der Waals surface area (Å²) in [7, 11) is 0. The number of hydrogen-bond donors (Lipinski definition) is 3. The van der Waals surface area contributed by atoms with Crippen LogP contribution >= 0.6 is 12.6 Å². The fourth-order valence-electron chi connectivity index (χ4n) is 3.89. The zero-order chi connectivity index (χ0) is 24.1. The zero-order valence-corrected chi connectivity index (χ0v) is 19.2. The van der Waals surface area contributed by atoms with Crippen LogP contribution in [0.2, 0.25) is 0 Å². The quantitative estimate of drug-likeness (QED) is 0.456. The standard InChI is InChI=1S/C27H24N2O4S/c30-25(31)17-29-23-16-21(19-9-5-2-6-10-19)12-11-20(23)13-14-22(27(29)33)28-26(32)24(34)15-18-7-3-1-4-8-18/h1-14,16,22,24,34H,15,17H2,(H,28,32)(H,30,31)/t22?,24-/m0/s1. The molecule has 1 unspecified atom stereocenters. The number of carbonyl (C=O) groups excluding carboxylic acids is 2. The summed E-state index contributed by atoms with van der Waals surface area (Å²) in [6.45, 7) is -0.521. The van der Waals surface area contributed by atoms with Crippen LogP contribution in [-0.2, 0) is 20.8 Å². The first-order valence-corrected chi connectivity index (χ1v) is 11.4. The fraction of sp³-hybridized carbons (Fsp3) is 0.148. The first-order valence-electron chi connectivity index (χ1n) is 10.9. The normalized spacial score (nSPS) is 15.9. The molecule has 0 saturated heterocycles. The Bertz CT molecular complexity index is 1230. The fourth-order valence-corrected chi connectivity index (χ4v) is 4.17. The van der Waals surface area contributed by atoms with E-state index in [4.69, 9.17) is 0 Å². The Hall–Kier alpha value is -3.84. The number of carboxylic acid groups (broad SMARTS) is 1. The summed E-state index contributed by atoms with van der Waals surface area (Å²) < 4.78 is 0. The van der Waals surface area contributed by atoms with E-state index in [0.29, 0.717) is 17.7 Å². The van der Waals surface area contributed by atoms with Crippen LogP contribution in [0.1, 0.15) is 11.1 Å². The summed E-state index contributed by atoms with van der Waals surface area (Å²) in [4.78, 5) is 39.0. The maximum absolute atomic E-state index is 13.4. The van der Waals surface area contributed by atoms with Gasteiger partial charge in [-0.1, -0.05) is 84.9 Å². The molecule has 1 heterocycles. The summed E-state index contributed by atoms with van der Waals surface area (Å²) in [6.07, 6.45) is 3.73. The van der Waals surface area contributed by atoms with Gasteiger partial charge in [0.25, 0.3) is 5.91 Å². The lowest BCUT2D eigenvalue weighted by atomic mass is 10.0. The molecule has 1 aliphatic rings. The Balaban J connectivity index is 1.59. The van der Waals surface area contributed by atoms with E-state index in [1.807, 2.05) is 72.8 Å². The van der Waals surface area contributed by atoms with Crippen molar-refractivity contribution in [1.82, 2.24) is 5.32 Å². The summed E-state index contributed by atoms with van der Waals surface area (Å²) in [5, 5.41) is 11.6. The zero-order valence-electron chi connectivity index (χ0n) is 18.3. The smallest absolute Gasteiger partial charge is 0.323 e. The van der Waals surface area contributed by atoms with Crippen LogP contribution in [-0.4, -0.2) is 40.7 Å². The van der Waals surface area contributed by atoms with Gasteiger partial charge in [-0.05, 0) is 34.7 Å². The van der Waals surface area contributed by atoms with Crippen LogP contribution < -0.4 is 10.2 Å². The molecule has 6 nitrogen and oxygen atoms in total. The van der Waals surface area contributed by atoms with Crippen LogP contribution in [0.4, 0.5) is 5.69 Å². The van der Waals surface area contributed by atoms with E-state index in [2.05, 4.69) is 17.9 Å². The van der Waals surface area contributed by atoms with Crippen molar-refractivity contribution < 1.29 is 19.5 Å². The predicted molar refractivity (Wildman–Crippen MR) is 136 cm³/mol. The van der Waals surface area contributed by atoms with Gasteiger partial charge in [-0.25, -0.2) is 0 Å². The topological polar surface area (TPSA) is 86.7 Å². The second-order valence-electron chi connectivity index (χ2n) is 8.01. The van der Waals surface area contributed by atoms with E-state index >= 15 is 0 Å². The molecule has 2 amide bonds. The molecule has 3 aromatic rings. The van der Waals surface area contributed by atoms with Crippen molar-refractivity contribution in [3.05, 3.63) is 96.1 Å². The number of carboxylic acids is 1. The first-order chi connectivity index (χ1) is 16.4. The van der Waals surface area contributed by atoms with Gasteiger partial charge in [0.15, 0.2) is 0 Å². The van der Waals surface area contributed by atoms with E-state index in [1.165, 1.54) is 4.90 Å². The molecule has 2 N–H and O–H groups in total. The third-order valence-electron chi connectivity index (χ3n) is 5.59. The maximum atomic E-state index is 13.4. The molecule has 0 aliphatic carbocycles. The maximum Gasteiger partial charge on any atom is 0.323 e. The number of benzene rings is 3. The summed E-state index contributed by atoms with van der Waals surface area (Å²) in [5.74, 6) is -2.06. The number of nitrogens with zero attached hydrogens (tertiary/aromatic N) is 1. The minimum atomic E-state index is -1.15. The monoisotopic (exact) mass is 472 g/mol. The largest absolute Gasteiger partial charge is 0.480 e. The van der Waals surface area contributed by atoms with Crippen LogP contribution in [0.15, 0.2) is 84.9 Å². The van der Waals surface area contributed by atoms with Gasteiger partial charge in [0.1, 0.15) is 12.6 Å². The number of thiol groups is 1. The van der Waals surface area contributed by atoms with Crippen molar-refractivity contribution in [2.45, 2.75) is 17.7 Å². The SMILES string of the molecule is O=C(O)CN1C(=O)C(NC(=O)[C@@H](S)Cc2ccccc2)C=Cc2ccc(-c3ccccc3)cc21. The Labute approximate surface area is 203 Å². The number of nitrogens with one attached hydrogen (secondary N) is 1. The molecule has 2 atom stereocenters. The Morgan fingerprint density at radius 3 is 2.32 bits per heavy atom. The number of anilines is 1. The lowest BCUT2D eigenvalue weighted by Crippen LogP contribution is -2.50. The number of carbonyl (C=O) groups is 3. The molecule has 0 spiro atoms. The van der Waals surface area contributed by atoms with Gasteiger partial charge < -0.3 is 10.4 Å². The molecule has 0 bridgehead atoms.